The minimum absolute atomic E-state index is 0.473. The van der Waals surface area contributed by atoms with E-state index in [1.165, 1.54) is 24.2 Å². The second kappa shape index (κ2) is 9.83. The first-order chi connectivity index (χ1) is 11.2. The fraction of sp³-hybridized carbons (Fsp3) is 0.611. The highest BCUT2D eigenvalue weighted by atomic mass is 32.2. The van der Waals surface area contributed by atoms with Crippen LogP contribution in [0.3, 0.4) is 0 Å². The Hall–Kier alpha value is -1.20. The summed E-state index contributed by atoms with van der Waals surface area (Å²) in [6, 6.07) is 11.8. The highest BCUT2D eigenvalue weighted by molar-refractivity contribution is 7.98. The summed E-state index contributed by atoms with van der Waals surface area (Å²) in [6.45, 7) is 5.40. The molecule has 0 aliphatic carbocycles. The summed E-state index contributed by atoms with van der Waals surface area (Å²) < 4.78 is 0. The molecule has 4 nitrogen and oxygen atoms in total. The summed E-state index contributed by atoms with van der Waals surface area (Å²) in [5.41, 5.74) is 1.39. The van der Waals surface area contributed by atoms with Gasteiger partial charge in [0.05, 0.1) is 0 Å². The van der Waals surface area contributed by atoms with Gasteiger partial charge in [-0.3, -0.25) is 9.89 Å². The van der Waals surface area contributed by atoms with Crippen molar-refractivity contribution in [3.63, 3.8) is 0 Å². The van der Waals surface area contributed by atoms with Gasteiger partial charge in [-0.25, -0.2) is 0 Å². The Morgan fingerprint density at radius 1 is 1.35 bits per heavy atom. The Labute approximate surface area is 145 Å². The van der Waals surface area contributed by atoms with Gasteiger partial charge in [0.25, 0.3) is 0 Å². The first-order valence-corrected chi connectivity index (χ1v) is 9.86. The highest BCUT2D eigenvalue weighted by Crippen LogP contribution is 2.20. The number of rotatable bonds is 7. The second-order valence-electron chi connectivity index (χ2n) is 6.19. The van der Waals surface area contributed by atoms with Crippen LogP contribution in [0.5, 0.6) is 0 Å². The van der Waals surface area contributed by atoms with Crippen LogP contribution in [0.2, 0.25) is 0 Å². The first kappa shape index (κ1) is 18.1. The van der Waals surface area contributed by atoms with Crippen molar-refractivity contribution >= 4 is 17.7 Å². The monoisotopic (exact) mass is 334 g/mol. The molecule has 23 heavy (non-hydrogen) atoms. The molecule has 1 aromatic rings. The van der Waals surface area contributed by atoms with Gasteiger partial charge < -0.3 is 10.6 Å². The number of guanidine groups is 1. The van der Waals surface area contributed by atoms with Crippen LogP contribution in [0.25, 0.3) is 0 Å². The average Bonchev–Trinajstić information content (AvgIpc) is 2.91. The lowest BCUT2D eigenvalue weighted by Gasteiger charge is -2.21. The Kier molecular flexibility index (Phi) is 7.76. The predicted octanol–water partition coefficient (Wildman–Crippen LogP) is 2.57. The molecule has 1 heterocycles. The summed E-state index contributed by atoms with van der Waals surface area (Å²) in [5, 5.41) is 7.00. The molecule has 5 heteroatoms. The van der Waals surface area contributed by atoms with Crippen molar-refractivity contribution in [3.8, 4) is 0 Å². The third-order valence-electron chi connectivity index (χ3n) is 4.31. The molecule has 0 saturated carbocycles. The van der Waals surface area contributed by atoms with Crippen LogP contribution in [0.15, 0.2) is 35.3 Å². The van der Waals surface area contributed by atoms with Crippen molar-refractivity contribution in [2.75, 3.05) is 32.1 Å². The van der Waals surface area contributed by atoms with Gasteiger partial charge in [-0.15, -0.1) is 0 Å². The largest absolute Gasteiger partial charge is 0.356 e. The van der Waals surface area contributed by atoms with Crippen LogP contribution in [-0.4, -0.2) is 55.1 Å². The maximum Gasteiger partial charge on any atom is 0.191 e. The molecular weight excluding hydrogens is 304 g/mol. The molecule has 0 amide bonds. The number of benzene rings is 1. The van der Waals surface area contributed by atoms with Crippen LogP contribution in [0.1, 0.15) is 25.3 Å². The predicted molar refractivity (Wildman–Crippen MR) is 102 cm³/mol. The van der Waals surface area contributed by atoms with Gasteiger partial charge in [0.15, 0.2) is 5.96 Å². The zero-order chi connectivity index (χ0) is 16.5. The lowest BCUT2D eigenvalue weighted by atomic mass is 10.2. The number of likely N-dealkylation sites (tertiary alicyclic amines) is 1. The number of hydrogen-bond acceptors (Lipinski definition) is 3. The van der Waals surface area contributed by atoms with Crippen molar-refractivity contribution in [1.82, 2.24) is 15.5 Å². The molecule has 1 fully saturated rings. The molecule has 0 aromatic heterocycles. The van der Waals surface area contributed by atoms with Gasteiger partial charge in [0.2, 0.25) is 0 Å². The van der Waals surface area contributed by atoms with Crippen molar-refractivity contribution in [2.24, 2.45) is 4.99 Å². The quantitative estimate of drug-likeness (QED) is 0.457. The van der Waals surface area contributed by atoms with Crippen molar-refractivity contribution in [2.45, 2.75) is 38.4 Å². The number of nitrogens with zero attached hydrogens (tertiary/aromatic N) is 2. The van der Waals surface area contributed by atoms with E-state index in [1.807, 2.05) is 18.8 Å². The van der Waals surface area contributed by atoms with Gasteiger partial charge in [0.1, 0.15) is 0 Å². The molecule has 128 valence electrons. The fourth-order valence-corrected chi connectivity index (χ4v) is 3.49. The number of aliphatic imine (C=N–C) groups is 1. The van der Waals surface area contributed by atoms with Crippen molar-refractivity contribution in [1.29, 1.82) is 0 Å². The maximum atomic E-state index is 4.35. The van der Waals surface area contributed by atoms with Crippen LogP contribution in [0.4, 0.5) is 0 Å². The van der Waals surface area contributed by atoms with Crippen LogP contribution in [-0.2, 0) is 6.54 Å². The maximum absolute atomic E-state index is 4.35. The smallest absolute Gasteiger partial charge is 0.191 e. The lowest BCUT2D eigenvalue weighted by Crippen LogP contribution is -2.44. The van der Waals surface area contributed by atoms with E-state index in [1.54, 1.807) is 0 Å². The average molecular weight is 335 g/mol. The highest BCUT2D eigenvalue weighted by Gasteiger charge is 2.29. The van der Waals surface area contributed by atoms with E-state index in [0.29, 0.717) is 12.1 Å². The molecular formula is C18H30N4S. The van der Waals surface area contributed by atoms with Gasteiger partial charge in [0, 0.05) is 38.8 Å². The molecule has 0 spiro atoms. The van der Waals surface area contributed by atoms with Gasteiger partial charge in [-0.1, -0.05) is 30.3 Å². The summed E-state index contributed by atoms with van der Waals surface area (Å²) in [7, 11) is 1.85. The topological polar surface area (TPSA) is 39.7 Å². The fourth-order valence-electron chi connectivity index (χ4n) is 3.05. The number of hydrogen-bond donors (Lipinski definition) is 2. The molecule has 0 bridgehead atoms. The van der Waals surface area contributed by atoms with Gasteiger partial charge in [-0.05, 0) is 37.3 Å². The first-order valence-electron chi connectivity index (χ1n) is 8.47. The Bertz CT molecular complexity index is 477. The van der Waals surface area contributed by atoms with Crippen LogP contribution in [0, 0.1) is 0 Å². The zero-order valence-corrected chi connectivity index (χ0v) is 15.4. The Morgan fingerprint density at radius 2 is 2.13 bits per heavy atom. The second-order valence-corrected chi connectivity index (χ2v) is 7.17. The summed E-state index contributed by atoms with van der Waals surface area (Å²) in [5.74, 6) is 2.12. The minimum Gasteiger partial charge on any atom is -0.356 e. The van der Waals surface area contributed by atoms with Crippen LogP contribution < -0.4 is 10.6 Å². The van der Waals surface area contributed by atoms with E-state index in [-0.39, 0.29) is 0 Å². The third-order valence-corrected chi connectivity index (χ3v) is 5.01. The summed E-state index contributed by atoms with van der Waals surface area (Å²) in [6.07, 6.45) is 4.48. The molecule has 2 atom stereocenters. The molecule has 2 unspecified atom stereocenters. The van der Waals surface area contributed by atoms with Gasteiger partial charge in [-0.2, -0.15) is 11.8 Å². The normalized spacial score (nSPS) is 22.3. The molecule has 0 radical (unpaired) electrons. The molecule has 2 N–H and O–H groups in total. The SMILES string of the molecule is CN=C(NCCCSC)NC1CC(C)N(Cc2ccccc2)C1. The molecule has 2 rings (SSSR count). The molecule has 1 saturated heterocycles. The minimum atomic E-state index is 0.473. The van der Waals surface area contributed by atoms with E-state index in [4.69, 9.17) is 0 Å². The third kappa shape index (κ3) is 6.07. The van der Waals surface area contributed by atoms with Crippen molar-refractivity contribution in [3.05, 3.63) is 35.9 Å². The molecule has 1 aromatic carbocycles. The standard InChI is InChI=1S/C18H30N4S/c1-15-12-17(21-18(19-2)20-10-7-11-23-3)14-22(15)13-16-8-5-4-6-9-16/h4-6,8-9,15,17H,7,10-14H2,1-3H3,(H2,19,20,21). The molecule has 1 aliphatic rings. The van der Waals surface area contributed by atoms with E-state index in [0.717, 1.165) is 25.6 Å². The molecule has 1 aliphatic heterocycles. The summed E-state index contributed by atoms with van der Waals surface area (Å²) in [4.78, 5) is 6.90. The van der Waals surface area contributed by atoms with E-state index < -0.39 is 0 Å². The zero-order valence-electron chi connectivity index (χ0n) is 14.6. The van der Waals surface area contributed by atoms with Crippen molar-refractivity contribution < 1.29 is 0 Å². The Morgan fingerprint density at radius 3 is 2.83 bits per heavy atom. The number of nitrogens with one attached hydrogen (secondary N) is 2. The van der Waals surface area contributed by atoms with Gasteiger partial charge >= 0.3 is 0 Å². The number of thioether (sulfide) groups is 1. The summed E-state index contributed by atoms with van der Waals surface area (Å²) >= 11 is 1.89. The van der Waals surface area contributed by atoms with E-state index in [2.05, 4.69) is 64.0 Å². The van der Waals surface area contributed by atoms with Crippen LogP contribution >= 0.6 is 11.8 Å². The lowest BCUT2D eigenvalue weighted by molar-refractivity contribution is 0.258. The van der Waals surface area contributed by atoms with E-state index in [9.17, 15) is 0 Å². The van der Waals surface area contributed by atoms with E-state index >= 15 is 0 Å². The Balaban J connectivity index is 1.78.